The van der Waals surface area contributed by atoms with Crippen LogP contribution in [0.3, 0.4) is 0 Å². The van der Waals surface area contributed by atoms with Crippen LogP contribution in [0, 0.1) is 20.2 Å². The Balaban J connectivity index is 3.83. The lowest BCUT2D eigenvalue weighted by molar-refractivity contribution is -0.423. The highest BCUT2D eigenvalue weighted by atomic mass is 79.9. The van der Waals surface area contributed by atoms with Crippen molar-refractivity contribution < 1.29 is 9.85 Å². The van der Waals surface area contributed by atoms with Gasteiger partial charge in [-0.3, -0.25) is 20.2 Å². The topological polar surface area (TPSA) is 86.3 Å². The molecule has 0 fully saturated rings. The molecule has 86 valence electrons. The van der Waals surface area contributed by atoms with Crippen molar-refractivity contribution >= 4 is 75.1 Å². The van der Waals surface area contributed by atoms with Gasteiger partial charge in [-0.2, -0.15) is 0 Å². The second kappa shape index (κ2) is 5.07. The van der Waals surface area contributed by atoms with Crippen LogP contribution in [-0.2, 0) is 0 Å². The number of rotatable bonds is 2. The number of benzene rings is 1. The standard InChI is InChI=1S/C6Br4N2O4/c7-1-2(8)4(10)6(12(15)16)5(3(1)9)11(13)14. The Kier molecular flexibility index (Phi) is 4.43. The van der Waals surface area contributed by atoms with Gasteiger partial charge < -0.3 is 0 Å². The molecule has 0 aliphatic heterocycles. The van der Waals surface area contributed by atoms with E-state index in [2.05, 4.69) is 63.7 Å². The molecule has 0 amide bonds. The first-order valence-electron chi connectivity index (χ1n) is 3.43. The Morgan fingerprint density at radius 2 is 0.938 bits per heavy atom. The smallest absolute Gasteiger partial charge is 0.258 e. The third-order valence-electron chi connectivity index (χ3n) is 1.58. The molecule has 0 saturated heterocycles. The van der Waals surface area contributed by atoms with Crippen LogP contribution in [0.4, 0.5) is 11.4 Å². The number of hydrogen-bond donors (Lipinski definition) is 0. The summed E-state index contributed by atoms with van der Waals surface area (Å²) in [4.78, 5) is 19.9. The predicted molar refractivity (Wildman–Crippen MR) is 70.6 cm³/mol. The van der Waals surface area contributed by atoms with E-state index in [-0.39, 0.29) is 8.95 Å². The van der Waals surface area contributed by atoms with Gasteiger partial charge in [-0.15, -0.1) is 0 Å². The van der Waals surface area contributed by atoms with E-state index in [4.69, 9.17) is 0 Å². The molecule has 1 rings (SSSR count). The molecular formula is C6Br4N2O4. The number of nitrogens with zero attached hydrogens (tertiary/aromatic N) is 2. The Morgan fingerprint density at radius 1 is 0.688 bits per heavy atom. The monoisotopic (exact) mass is 480 g/mol. The molecule has 1 aromatic carbocycles. The van der Waals surface area contributed by atoms with Crippen molar-refractivity contribution in [2.24, 2.45) is 0 Å². The summed E-state index contributed by atoms with van der Waals surface area (Å²) in [6, 6.07) is 0. The van der Waals surface area contributed by atoms with E-state index < -0.39 is 21.2 Å². The van der Waals surface area contributed by atoms with Crippen molar-refractivity contribution in [2.75, 3.05) is 0 Å². The fourth-order valence-electron chi connectivity index (χ4n) is 0.942. The molecular weight excluding hydrogens is 484 g/mol. The average Bonchev–Trinajstić information content (AvgIpc) is 2.18. The maximum Gasteiger partial charge on any atom is 0.362 e. The van der Waals surface area contributed by atoms with Gasteiger partial charge in [0.15, 0.2) is 0 Å². The largest absolute Gasteiger partial charge is 0.362 e. The fourth-order valence-corrected chi connectivity index (χ4v) is 3.31. The van der Waals surface area contributed by atoms with Gasteiger partial charge in [0.25, 0.3) is 0 Å². The maximum atomic E-state index is 10.8. The summed E-state index contributed by atoms with van der Waals surface area (Å²) in [6.07, 6.45) is 0. The van der Waals surface area contributed by atoms with Crippen LogP contribution in [0.5, 0.6) is 0 Å². The number of nitro groups is 2. The summed E-state index contributed by atoms with van der Waals surface area (Å²) in [6.45, 7) is 0. The van der Waals surface area contributed by atoms with Gasteiger partial charge in [-0.25, -0.2) is 0 Å². The molecule has 16 heavy (non-hydrogen) atoms. The zero-order valence-corrected chi connectivity index (χ0v) is 13.4. The van der Waals surface area contributed by atoms with Crippen molar-refractivity contribution in [1.29, 1.82) is 0 Å². The highest BCUT2D eigenvalue weighted by Gasteiger charge is 2.35. The summed E-state index contributed by atoms with van der Waals surface area (Å²) in [7, 11) is 0. The van der Waals surface area contributed by atoms with E-state index in [9.17, 15) is 20.2 Å². The lowest BCUT2D eigenvalue weighted by Crippen LogP contribution is -2.00. The zero-order valence-electron chi connectivity index (χ0n) is 7.04. The number of halogens is 4. The van der Waals surface area contributed by atoms with Crippen LogP contribution in [0.2, 0.25) is 0 Å². The molecule has 0 bridgehead atoms. The first-order valence-corrected chi connectivity index (χ1v) is 6.61. The summed E-state index contributed by atoms with van der Waals surface area (Å²) in [5, 5.41) is 21.6. The fraction of sp³-hybridized carbons (Fsp3) is 0. The molecule has 0 radical (unpaired) electrons. The van der Waals surface area contributed by atoms with Crippen LogP contribution >= 0.6 is 63.7 Å². The van der Waals surface area contributed by atoms with Crippen molar-refractivity contribution in [2.45, 2.75) is 0 Å². The molecule has 0 spiro atoms. The molecule has 6 nitrogen and oxygen atoms in total. The molecule has 0 aromatic heterocycles. The summed E-state index contributed by atoms with van der Waals surface area (Å²) < 4.78 is 0.687. The van der Waals surface area contributed by atoms with Crippen molar-refractivity contribution in [3.63, 3.8) is 0 Å². The van der Waals surface area contributed by atoms with Crippen LogP contribution in [0.25, 0.3) is 0 Å². The molecule has 0 aliphatic carbocycles. The van der Waals surface area contributed by atoms with Gasteiger partial charge >= 0.3 is 11.4 Å². The average molecular weight is 484 g/mol. The van der Waals surface area contributed by atoms with Crippen LogP contribution in [0.15, 0.2) is 17.9 Å². The third kappa shape index (κ3) is 2.29. The summed E-state index contributed by atoms with van der Waals surface area (Å²) in [5.41, 5.74) is -1.21. The molecule has 10 heteroatoms. The van der Waals surface area contributed by atoms with E-state index in [0.717, 1.165) is 0 Å². The highest BCUT2D eigenvalue weighted by Crippen LogP contribution is 2.49. The van der Waals surface area contributed by atoms with Gasteiger partial charge in [0.05, 0.1) is 18.8 Å². The highest BCUT2D eigenvalue weighted by molar-refractivity contribution is 9.15. The van der Waals surface area contributed by atoms with E-state index >= 15 is 0 Å². The maximum absolute atomic E-state index is 10.8. The first-order chi connectivity index (χ1) is 7.29. The Bertz CT molecular complexity index is 459. The molecule has 0 heterocycles. The second-order valence-electron chi connectivity index (χ2n) is 2.47. The van der Waals surface area contributed by atoms with Crippen molar-refractivity contribution in [1.82, 2.24) is 0 Å². The van der Waals surface area contributed by atoms with Crippen molar-refractivity contribution in [3.8, 4) is 0 Å². The lowest BCUT2D eigenvalue weighted by atomic mass is 10.3. The number of nitro benzene ring substituents is 2. The minimum atomic E-state index is -0.815. The molecule has 0 unspecified atom stereocenters. The minimum Gasteiger partial charge on any atom is -0.258 e. The van der Waals surface area contributed by atoms with Gasteiger partial charge in [0, 0.05) is 0 Å². The second-order valence-corrected chi connectivity index (χ2v) is 5.64. The SMILES string of the molecule is O=[N+]([O-])c1c(Br)c(Br)c(Br)c(Br)c1[N+](=O)[O-]. The third-order valence-corrected chi connectivity index (χ3v) is 6.31. The number of hydrogen-bond acceptors (Lipinski definition) is 4. The molecule has 0 N–H and O–H groups in total. The first kappa shape index (κ1) is 14.0. The Labute approximate surface area is 122 Å². The van der Waals surface area contributed by atoms with E-state index in [1.807, 2.05) is 0 Å². The van der Waals surface area contributed by atoms with Crippen LogP contribution in [0.1, 0.15) is 0 Å². The summed E-state index contributed by atoms with van der Waals surface area (Å²) >= 11 is 12.0. The minimum absolute atomic E-state index is 0.0132. The van der Waals surface area contributed by atoms with Crippen LogP contribution < -0.4 is 0 Å². The Morgan fingerprint density at radius 3 is 1.12 bits per heavy atom. The quantitative estimate of drug-likeness (QED) is 0.267. The Hall–Kier alpha value is -0.0600. The normalized spacial score (nSPS) is 10.2. The van der Waals surface area contributed by atoms with E-state index in [1.54, 1.807) is 0 Å². The molecule has 0 saturated carbocycles. The van der Waals surface area contributed by atoms with Crippen LogP contribution in [-0.4, -0.2) is 9.85 Å². The van der Waals surface area contributed by atoms with Gasteiger partial charge in [-0.1, -0.05) is 0 Å². The predicted octanol–water partition coefficient (Wildman–Crippen LogP) is 4.55. The molecule has 0 atom stereocenters. The molecule has 1 aromatic rings. The lowest BCUT2D eigenvalue weighted by Gasteiger charge is -2.05. The van der Waals surface area contributed by atoms with E-state index in [0.29, 0.717) is 8.95 Å². The van der Waals surface area contributed by atoms with E-state index in [1.165, 1.54) is 0 Å². The van der Waals surface area contributed by atoms with Gasteiger partial charge in [0.1, 0.15) is 8.95 Å². The summed E-state index contributed by atoms with van der Waals surface area (Å²) in [5.74, 6) is 0. The van der Waals surface area contributed by atoms with Gasteiger partial charge in [-0.05, 0) is 63.7 Å². The zero-order chi connectivity index (χ0) is 12.6. The van der Waals surface area contributed by atoms with Crippen molar-refractivity contribution in [3.05, 3.63) is 38.1 Å². The van der Waals surface area contributed by atoms with Gasteiger partial charge in [0.2, 0.25) is 0 Å². The molecule has 0 aliphatic rings.